The normalized spacial score (nSPS) is 25.9. The number of carbonyl (C=O) groups is 1. The molecule has 1 aromatic rings. The summed E-state index contributed by atoms with van der Waals surface area (Å²) in [6.07, 6.45) is 5.63. The van der Waals surface area contributed by atoms with Gasteiger partial charge in [-0.3, -0.25) is 4.79 Å². The molecule has 2 bridgehead atoms. The Bertz CT molecular complexity index is 561. The molecule has 2 aliphatic rings. The van der Waals surface area contributed by atoms with Crippen LogP contribution in [0.15, 0.2) is 24.3 Å². The Morgan fingerprint density at radius 1 is 1.21 bits per heavy atom. The number of nitrogens with one attached hydrogen (secondary N) is 2. The van der Waals surface area contributed by atoms with E-state index in [2.05, 4.69) is 55.7 Å². The summed E-state index contributed by atoms with van der Waals surface area (Å²) in [6, 6.07) is 9.79. The number of benzene rings is 1. The Morgan fingerprint density at radius 3 is 2.46 bits per heavy atom. The van der Waals surface area contributed by atoms with E-state index in [1.165, 1.54) is 36.8 Å². The zero-order valence-corrected chi connectivity index (χ0v) is 15.9. The zero-order valence-electron chi connectivity index (χ0n) is 15.1. The SMILES string of the molecule is Cc1ccccc1C(C)(C)CNC(=O)CC1CC2CCC(C1)N2.Cl. The maximum atomic E-state index is 12.4. The molecule has 1 aromatic carbocycles. The van der Waals surface area contributed by atoms with Gasteiger partial charge in [-0.1, -0.05) is 38.1 Å². The van der Waals surface area contributed by atoms with Crippen molar-refractivity contribution in [3.63, 3.8) is 0 Å². The molecule has 2 unspecified atom stereocenters. The maximum Gasteiger partial charge on any atom is 0.220 e. The fourth-order valence-corrected chi connectivity index (χ4v) is 4.42. The van der Waals surface area contributed by atoms with Gasteiger partial charge in [0.2, 0.25) is 5.91 Å². The van der Waals surface area contributed by atoms with Crippen LogP contribution in [0, 0.1) is 12.8 Å². The summed E-state index contributed by atoms with van der Waals surface area (Å²) in [5.41, 5.74) is 2.58. The lowest BCUT2D eigenvalue weighted by atomic mass is 9.82. The molecular formula is C20H31ClN2O. The number of aryl methyl sites for hydroxylation is 1. The molecule has 0 aromatic heterocycles. The van der Waals surface area contributed by atoms with Crippen LogP contribution >= 0.6 is 12.4 Å². The van der Waals surface area contributed by atoms with Crippen molar-refractivity contribution in [1.82, 2.24) is 10.6 Å². The van der Waals surface area contributed by atoms with Crippen molar-refractivity contribution < 1.29 is 4.79 Å². The van der Waals surface area contributed by atoms with E-state index in [-0.39, 0.29) is 23.7 Å². The van der Waals surface area contributed by atoms with Gasteiger partial charge in [0.1, 0.15) is 0 Å². The Kier molecular flexibility index (Phi) is 6.33. The van der Waals surface area contributed by atoms with Crippen molar-refractivity contribution in [3.05, 3.63) is 35.4 Å². The third-order valence-electron chi connectivity index (χ3n) is 5.65. The first-order valence-electron chi connectivity index (χ1n) is 9.03. The number of halogens is 1. The maximum absolute atomic E-state index is 12.4. The summed E-state index contributed by atoms with van der Waals surface area (Å²) in [5, 5.41) is 6.83. The second-order valence-electron chi connectivity index (χ2n) is 8.15. The van der Waals surface area contributed by atoms with Crippen LogP contribution in [0.5, 0.6) is 0 Å². The number of amides is 1. The average Bonchev–Trinajstić information content (AvgIpc) is 2.84. The fraction of sp³-hybridized carbons (Fsp3) is 0.650. The minimum absolute atomic E-state index is 0. The molecule has 3 nitrogen and oxygen atoms in total. The van der Waals surface area contributed by atoms with Gasteiger partial charge in [0.05, 0.1) is 0 Å². The lowest BCUT2D eigenvalue weighted by Crippen LogP contribution is -2.41. The molecular weight excluding hydrogens is 320 g/mol. The largest absolute Gasteiger partial charge is 0.355 e. The third-order valence-corrected chi connectivity index (χ3v) is 5.65. The topological polar surface area (TPSA) is 41.1 Å². The first-order valence-corrected chi connectivity index (χ1v) is 9.03. The fourth-order valence-electron chi connectivity index (χ4n) is 4.42. The van der Waals surface area contributed by atoms with E-state index in [0.29, 0.717) is 31.0 Å². The van der Waals surface area contributed by atoms with E-state index in [9.17, 15) is 4.79 Å². The summed E-state index contributed by atoms with van der Waals surface area (Å²) in [4.78, 5) is 12.4. The zero-order chi connectivity index (χ0) is 16.4. The Labute approximate surface area is 152 Å². The van der Waals surface area contributed by atoms with Crippen LogP contribution in [0.2, 0.25) is 0 Å². The van der Waals surface area contributed by atoms with E-state index in [0.717, 1.165) is 0 Å². The number of rotatable bonds is 5. The molecule has 1 amide bonds. The van der Waals surface area contributed by atoms with Gasteiger partial charge in [-0.2, -0.15) is 0 Å². The highest BCUT2D eigenvalue weighted by Gasteiger charge is 2.34. The molecule has 2 N–H and O–H groups in total. The van der Waals surface area contributed by atoms with Crippen LogP contribution in [0.4, 0.5) is 0 Å². The highest BCUT2D eigenvalue weighted by Crippen LogP contribution is 2.32. The summed E-state index contributed by atoms with van der Waals surface area (Å²) >= 11 is 0. The first kappa shape index (κ1) is 19.3. The van der Waals surface area contributed by atoms with E-state index >= 15 is 0 Å². The molecule has 3 rings (SSSR count). The number of carbonyl (C=O) groups excluding carboxylic acids is 1. The average molecular weight is 351 g/mol. The van der Waals surface area contributed by atoms with Gasteiger partial charge in [-0.25, -0.2) is 0 Å². The Balaban J connectivity index is 0.00000208. The van der Waals surface area contributed by atoms with Crippen LogP contribution < -0.4 is 10.6 Å². The Hall–Kier alpha value is -1.06. The van der Waals surface area contributed by atoms with Crippen molar-refractivity contribution in [1.29, 1.82) is 0 Å². The predicted molar refractivity (Wildman–Crippen MR) is 102 cm³/mol. The van der Waals surface area contributed by atoms with Crippen molar-refractivity contribution in [2.45, 2.75) is 70.4 Å². The quantitative estimate of drug-likeness (QED) is 0.849. The molecule has 2 atom stereocenters. The number of piperidine rings is 1. The minimum Gasteiger partial charge on any atom is -0.355 e. The van der Waals surface area contributed by atoms with E-state index < -0.39 is 0 Å². The molecule has 134 valence electrons. The first-order chi connectivity index (χ1) is 10.9. The van der Waals surface area contributed by atoms with Gasteiger partial charge in [0.25, 0.3) is 0 Å². The number of hydrogen-bond donors (Lipinski definition) is 2. The molecule has 4 heteroatoms. The van der Waals surface area contributed by atoms with Crippen molar-refractivity contribution in [2.75, 3.05) is 6.54 Å². The molecule has 0 spiro atoms. The van der Waals surface area contributed by atoms with Gasteiger partial charge < -0.3 is 10.6 Å². The summed E-state index contributed by atoms with van der Waals surface area (Å²) in [5.74, 6) is 0.785. The van der Waals surface area contributed by atoms with Crippen molar-refractivity contribution >= 4 is 18.3 Å². The molecule has 2 saturated heterocycles. The molecule has 0 aliphatic carbocycles. The highest BCUT2D eigenvalue weighted by atomic mass is 35.5. The predicted octanol–water partition coefficient (Wildman–Crippen LogP) is 3.73. The standard InChI is InChI=1S/C20H30N2O.ClH/c1-14-6-4-5-7-18(14)20(2,3)13-21-19(23)12-15-10-16-8-9-17(11-15)22-16;/h4-7,15-17,22H,8-13H2,1-3H3,(H,21,23);1H. The molecule has 0 radical (unpaired) electrons. The lowest BCUT2D eigenvalue weighted by Gasteiger charge is -2.30. The second-order valence-corrected chi connectivity index (χ2v) is 8.15. The summed E-state index contributed by atoms with van der Waals surface area (Å²) in [6.45, 7) is 7.26. The van der Waals surface area contributed by atoms with Gasteiger partial charge in [-0.15, -0.1) is 12.4 Å². The van der Waals surface area contributed by atoms with E-state index in [1.807, 2.05) is 0 Å². The van der Waals surface area contributed by atoms with E-state index in [4.69, 9.17) is 0 Å². The molecule has 2 heterocycles. The number of fused-ring (bicyclic) bond motifs is 2. The van der Waals surface area contributed by atoms with Crippen LogP contribution in [0.1, 0.15) is 57.1 Å². The summed E-state index contributed by atoms with van der Waals surface area (Å²) < 4.78 is 0. The molecule has 0 saturated carbocycles. The van der Waals surface area contributed by atoms with Crippen molar-refractivity contribution in [2.24, 2.45) is 5.92 Å². The second kappa shape index (κ2) is 7.88. The third kappa shape index (κ3) is 4.52. The lowest BCUT2D eigenvalue weighted by molar-refractivity contribution is -0.122. The van der Waals surface area contributed by atoms with Crippen LogP contribution in [0.3, 0.4) is 0 Å². The molecule has 24 heavy (non-hydrogen) atoms. The minimum atomic E-state index is -0.0336. The Morgan fingerprint density at radius 2 is 1.83 bits per heavy atom. The van der Waals surface area contributed by atoms with Gasteiger partial charge >= 0.3 is 0 Å². The molecule has 2 aliphatic heterocycles. The highest BCUT2D eigenvalue weighted by molar-refractivity contribution is 5.85. The smallest absolute Gasteiger partial charge is 0.220 e. The monoisotopic (exact) mass is 350 g/mol. The van der Waals surface area contributed by atoms with Crippen LogP contribution in [0.25, 0.3) is 0 Å². The van der Waals surface area contributed by atoms with Gasteiger partial charge in [0.15, 0.2) is 0 Å². The van der Waals surface area contributed by atoms with Crippen molar-refractivity contribution in [3.8, 4) is 0 Å². The van der Waals surface area contributed by atoms with E-state index in [1.54, 1.807) is 0 Å². The van der Waals surface area contributed by atoms with Crippen LogP contribution in [-0.2, 0) is 10.2 Å². The van der Waals surface area contributed by atoms with Gasteiger partial charge in [-0.05, 0) is 49.7 Å². The number of hydrogen-bond acceptors (Lipinski definition) is 2. The van der Waals surface area contributed by atoms with Crippen LogP contribution in [-0.4, -0.2) is 24.5 Å². The van der Waals surface area contributed by atoms with Gasteiger partial charge in [0, 0.05) is 30.5 Å². The molecule has 2 fully saturated rings. The summed E-state index contributed by atoms with van der Waals surface area (Å²) in [7, 11) is 0.